The molecule has 5 nitrogen and oxygen atoms in total. The smallest absolute Gasteiger partial charge is 0.231 e. The molecular formula is C14H13N3O2S. The van der Waals surface area contributed by atoms with Crippen molar-refractivity contribution >= 4 is 28.7 Å². The van der Waals surface area contributed by atoms with E-state index in [-0.39, 0.29) is 6.79 Å². The van der Waals surface area contributed by atoms with Crippen LogP contribution in [0.1, 0.15) is 11.1 Å². The van der Waals surface area contributed by atoms with Gasteiger partial charge in [-0.15, -0.1) is 0 Å². The van der Waals surface area contributed by atoms with Crippen molar-refractivity contribution in [3.05, 3.63) is 41.6 Å². The number of thiocarbonyl (C=S) groups is 1. The van der Waals surface area contributed by atoms with Crippen molar-refractivity contribution in [1.82, 2.24) is 4.98 Å². The molecular weight excluding hydrogens is 274 g/mol. The molecule has 0 fully saturated rings. The number of aryl methyl sites for hydroxylation is 1. The number of pyridine rings is 1. The first-order chi connectivity index (χ1) is 9.65. The van der Waals surface area contributed by atoms with Crippen molar-refractivity contribution in [2.45, 2.75) is 6.92 Å². The lowest BCUT2D eigenvalue weighted by Gasteiger charge is -2.12. The summed E-state index contributed by atoms with van der Waals surface area (Å²) in [5.41, 5.74) is 8.34. The van der Waals surface area contributed by atoms with Crippen LogP contribution >= 0.6 is 12.2 Å². The van der Waals surface area contributed by atoms with Gasteiger partial charge in [0, 0.05) is 18.0 Å². The molecule has 2 aromatic rings. The molecule has 0 aliphatic carbocycles. The molecule has 3 rings (SSSR count). The summed E-state index contributed by atoms with van der Waals surface area (Å²) in [6.45, 7) is 2.20. The maximum absolute atomic E-state index is 5.77. The molecule has 1 aliphatic rings. The van der Waals surface area contributed by atoms with Crippen LogP contribution in [0.2, 0.25) is 0 Å². The topological polar surface area (TPSA) is 69.4 Å². The minimum Gasteiger partial charge on any atom is -0.454 e. The number of nitrogens with zero attached hydrogens (tertiary/aromatic N) is 1. The minimum absolute atomic E-state index is 0.250. The summed E-state index contributed by atoms with van der Waals surface area (Å²) in [6.07, 6.45) is 1.71. The Morgan fingerprint density at radius 3 is 2.90 bits per heavy atom. The summed E-state index contributed by atoms with van der Waals surface area (Å²) in [5, 5.41) is 3.21. The number of benzene rings is 1. The van der Waals surface area contributed by atoms with E-state index < -0.39 is 0 Å². The summed E-state index contributed by atoms with van der Waals surface area (Å²) in [5.74, 6) is 2.08. The first kappa shape index (κ1) is 12.7. The predicted molar refractivity (Wildman–Crippen MR) is 80.7 cm³/mol. The van der Waals surface area contributed by atoms with Gasteiger partial charge in [0.05, 0.1) is 5.56 Å². The van der Waals surface area contributed by atoms with E-state index in [1.165, 1.54) is 0 Å². The molecule has 20 heavy (non-hydrogen) atoms. The van der Waals surface area contributed by atoms with Crippen LogP contribution in [-0.4, -0.2) is 16.8 Å². The molecule has 0 amide bonds. The van der Waals surface area contributed by atoms with Gasteiger partial charge >= 0.3 is 0 Å². The van der Waals surface area contributed by atoms with E-state index in [2.05, 4.69) is 10.3 Å². The van der Waals surface area contributed by atoms with Crippen LogP contribution in [0.3, 0.4) is 0 Å². The molecule has 0 spiro atoms. The third-order valence-electron chi connectivity index (χ3n) is 3.04. The van der Waals surface area contributed by atoms with Gasteiger partial charge in [0.1, 0.15) is 10.8 Å². The standard InChI is InChI=1S/C14H13N3O2S/c1-8-4-5-16-14(12(8)13(15)20)17-9-2-3-10-11(6-9)19-7-18-10/h2-6H,7H2,1H3,(H2,15,20)(H,16,17). The Morgan fingerprint density at radius 2 is 2.10 bits per heavy atom. The average molecular weight is 287 g/mol. The maximum Gasteiger partial charge on any atom is 0.231 e. The lowest BCUT2D eigenvalue weighted by Crippen LogP contribution is -2.14. The van der Waals surface area contributed by atoms with Crippen molar-refractivity contribution in [3.63, 3.8) is 0 Å². The molecule has 1 aromatic heterocycles. The number of hydrogen-bond acceptors (Lipinski definition) is 5. The fourth-order valence-corrected chi connectivity index (χ4v) is 2.33. The Morgan fingerprint density at radius 1 is 1.30 bits per heavy atom. The molecule has 0 saturated carbocycles. The van der Waals surface area contributed by atoms with Gasteiger partial charge in [0.2, 0.25) is 6.79 Å². The Balaban J connectivity index is 1.95. The van der Waals surface area contributed by atoms with Crippen molar-refractivity contribution in [2.24, 2.45) is 5.73 Å². The number of aromatic nitrogens is 1. The number of ether oxygens (including phenoxy) is 2. The Kier molecular flexibility index (Phi) is 3.15. The van der Waals surface area contributed by atoms with Crippen LogP contribution in [0.4, 0.5) is 11.5 Å². The summed E-state index contributed by atoms with van der Waals surface area (Å²) < 4.78 is 10.6. The summed E-state index contributed by atoms with van der Waals surface area (Å²) in [6, 6.07) is 7.47. The molecule has 0 radical (unpaired) electrons. The van der Waals surface area contributed by atoms with E-state index in [1.54, 1.807) is 6.20 Å². The Bertz CT molecular complexity index is 688. The second-order valence-electron chi connectivity index (χ2n) is 4.41. The molecule has 6 heteroatoms. The molecule has 0 atom stereocenters. The SMILES string of the molecule is Cc1ccnc(Nc2ccc3c(c2)OCO3)c1C(N)=S. The number of hydrogen-bond donors (Lipinski definition) is 2. The van der Waals surface area contributed by atoms with E-state index in [9.17, 15) is 0 Å². The highest BCUT2D eigenvalue weighted by Gasteiger charge is 2.15. The lowest BCUT2D eigenvalue weighted by molar-refractivity contribution is 0.174. The quantitative estimate of drug-likeness (QED) is 0.845. The van der Waals surface area contributed by atoms with Crippen LogP contribution in [0, 0.1) is 6.92 Å². The first-order valence-corrected chi connectivity index (χ1v) is 6.48. The van der Waals surface area contributed by atoms with Crippen molar-refractivity contribution < 1.29 is 9.47 Å². The molecule has 1 aliphatic heterocycles. The van der Waals surface area contributed by atoms with Crippen LogP contribution in [0.5, 0.6) is 11.5 Å². The zero-order valence-electron chi connectivity index (χ0n) is 10.8. The molecule has 3 N–H and O–H groups in total. The van der Waals surface area contributed by atoms with E-state index in [1.807, 2.05) is 31.2 Å². The second-order valence-corrected chi connectivity index (χ2v) is 4.85. The molecule has 2 heterocycles. The van der Waals surface area contributed by atoms with Gasteiger partial charge < -0.3 is 20.5 Å². The fraction of sp³-hybridized carbons (Fsp3) is 0.143. The number of nitrogens with two attached hydrogens (primary N) is 1. The predicted octanol–water partition coefficient (Wildman–Crippen LogP) is 2.50. The minimum atomic E-state index is 0.250. The Hall–Kier alpha value is -2.34. The molecule has 0 unspecified atom stereocenters. The number of anilines is 2. The van der Waals surface area contributed by atoms with E-state index in [0.29, 0.717) is 16.6 Å². The second kappa shape index (κ2) is 4.97. The third kappa shape index (κ3) is 2.25. The molecule has 102 valence electrons. The highest BCUT2D eigenvalue weighted by atomic mass is 32.1. The highest BCUT2D eigenvalue weighted by molar-refractivity contribution is 7.80. The van der Waals surface area contributed by atoms with Gasteiger partial charge in [-0.05, 0) is 30.7 Å². The fourth-order valence-electron chi connectivity index (χ4n) is 2.08. The third-order valence-corrected chi connectivity index (χ3v) is 3.25. The number of nitrogens with one attached hydrogen (secondary N) is 1. The van der Waals surface area contributed by atoms with Gasteiger partial charge in [-0.3, -0.25) is 0 Å². The Labute approximate surface area is 121 Å². The van der Waals surface area contributed by atoms with Gasteiger partial charge in [0.15, 0.2) is 11.5 Å². The normalized spacial score (nSPS) is 12.2. The molecule has 0 bridgehead atoms. The van der Waals surface area contributed by atoms with Crippen LogP contribution in [0.15, 0.2) is 30.5 Å². The highest BCUT2D eigenvalue weighted by Crippen LogP contribution is 2.35. The largest absolute Gasteiger partial charge is 0.454 e. The monoisotopic (exact) mass is 287 g/mol. The van der Waals surface area contributed by atoms with Crippen LogP contribution in [-0.2, 0) is 0 Å². The van der Waals surface area contributed by atoms with Gasteiger partial charge in [-0.2, -0.15) is 0 Å². The van der Waals surface area contributed by atoms with Crippen LogP contribution < -0.4 is 20.5 Å². The van der Waals surface area contributed by atoms with E-state index in [0.717, 1.165) is 22.6 Å². The number of rotatable bonds is 3. The average Bonchev–Trinajstić information content (AvgIpc) is 2.85. The van der Waals surface area contributed by atoms with Crippen molar-refractivity contribution in [3.8, 4) is 11.5 Å². The van der Waals surface area contributed by atoms with E-state index >= 15 is 0 Å². The zero-order chi connectivity index (χ0) is 14.1. The zero-order valence-corrected chi connectivity index (χ0v) is 11.7. The summed E-state index contributed by atoms with van der Waals surface area (Å²) in [7, 11) is 0. The van der Waals surface area contributed by atoms with Gasteiger partial charge in [-0.25, -0.2) is 4.98 Å². The molecule has 0 saturated heterocycles. The van der Waals surface area contributed by atoms with E-state index in [4.69, 9.17) is 27.4 Å². The summed E-state index contributed by atoms with van der Waals surface area (Å²) in [4.78, 5) is 4.62. The van der Waals surface area contributed by atoms with Gasteiger partial charge in [0.25, 0.3) is 0 Å². The lowest BCUT2D eigenvalue weighted by atomic mass is 10.1. The number of fused-ring (bicyclic) bond motifs is 1. The van der Waals surface area contributed by atoms with Crippen LogP contribution in [0.25, 0.3) is 0 Å². The first-order valence-electron chi connectivity index (χ1n) is 6.07. The van der Waals surface area contributed by atoms with Crippen molar-refractivity contribution in [1.29, 1.82) is 0 Å². The maximum atomic E-state index is 5.77. The summed E-state index contributed by atoms with van der Waals surface area (Å²) >= 11 is 5.09. The van der Waals surface area contributed by atoms with Gasteiger partial charge in [-0.1, -0.05) is 12.2 Å². The molecule has 1 aromatic carbocycles. The van der Waals surface area contributed by atoms with Crippen molar-refractivity contribution in [2.75, 3.05) is 12.1 Å².